The van der Waals surface area contributed by atoms with E-state index in [0.29, 0.717) is 24.6 Å². The Labute approximate surface area is 157 Å². The summed E-state index contributed by atoms with van der Waals surface area (Å²) in [6.45, 7) is 6.39. The van der Waals surface area contributed by atoms with Crippen molar-refractivity contribution >= 4 is 28.5 Å². The molecule has 1 aromatic carbocycles. The topological polar surface area (TPSA) is 71.5 Å². The molecule has 1 aromatic heterocycles. The van der Waals surface area contributed by atoms with E-state index in [1.54, 1.807) is 11.1 Å². The van der Waals surface area contributed by atoms with Crippen LogP contribution in [0.15, 0.2) is 36.5 Å². The third kappa shape index (κ3) is 4.60. The predicted molar refractivity (Wildman–Crippen MR) is 102 cm³/mol. The molecule has 6 nitrogen and oxygen atoms in total. The van der Waals surface area contributed by atoms with Gasteiger partial charge in [0.2, 0.25) is 5.91 Å². The molecule has 1 saturated heterocycles. The van der Waals surface area contributed by atoms with Crippen LogP contribution in [0.3, 0.4) is 0 Å². The van der Waals surface area contributed by atoms with Gasteiger partial charge in [0.25, 0.3) is 0 Å². The molecule has 2 aromatic rings. The number of amides is 2. The van der Waals surface area contributed by atoms with Crippen LogP contribution < -0.4 is 5.32 Å². The van der Waals surface area contributed by atoms with Crippen LogP contribution in [0.5, 0.6) is 0 Å². The summed E-state index contributed by atoms with van der Waals surface area (Å²) in [6, 6.07) is 9.92. The van der Waals surface area contributed by atoms with Crippen LogP contribution in [-0.4, -0.2) is 40.6 Å². The summed E-state index contributed by atoms with van der Waals surface area (Å²) in [5, 5.41) is 3.45. The Kier molecular flexibility index (Phi) is 5.27. The molecule has 0 spiro atoms. The minimum absolute atomic E-state index is 0.106. The van der Waals surface area contributed by atoms with Gasteiger partial charge in [-0.2, -0.15) is 0 Å². The van der Waals surface area contributed by atoms with Gasteiger partial charge in [0.05, 0.1) is 10.8 Å². The van der Waals surface area contributed by atoms with E-state index in [2.05, 4.69) is 10.3 Å². The maximum atomic E-state index is 12.5. The van der Waals surface area contributed by atoms with E-state index in [0.717, 1.165) is 10.4 Å². The first kappa shape index (κ1) is 18.4. The van der Waals surface area contributed by atoms with Crippen LogP contribution in [0, 0.1) is 5.92 Å². The summed E-state index contributed by atoms with van der Waals surface area (Å²) < 4.78 is 5.37. The number of aromatic nitrogens is 1. The van der Waals surface area contributed by atoms with Gasteiger partial charge in [0, 0.05) is 19.3 Å². The summed E-state index contributed by atoms with van der Waals surface area (Å²) in [7, 11) is 0. The Bertz CT molecular complexity index is 783. The van der Waals surface area contributed by atoms with Gasteiger partial charge in [-0.25, -0.2) is 9.78 Å². The lowest BCUT2D eigenvalue weighted by atomic mass is 10.1. The van der Waals surface area contributed by atoms with Crippen molar-refractivity contribution in [1.29, 1.82) is 0 Å². The quantitative estimate of drug-likeness (QED) is 0.882. The second kappa shape index (κ2) is 7.45. The summed E-state index contributed by atoms with van der Waals surface area (Å²) in [5.41, 5.74) is 0.536. The molecule has 2 heterocycles. The van der Waals surface area contributed by atoms with E-state index in [9.17, 15) is 9.59 Å². The third-order valence-electron chi connectivity index (χ3n) is 4.00. The minimum atomic E-state index is -0.536. The SMILES string of the molecule is CC(C)(C)OC(=O)N1CCC(C(=O)Nc2ncc(-c3ccccc3)s2)C1. The molecule has 26 heavy (non-hydrogen) atoms. The Morgan fingerprint density at radius 1 is 1.27 bits per heavy atom. The number of carbonyl (C=O) groups is 2. The lowest BCUT2D eigenvalue weighted by Gasteiger charge is -2.24. The van der Waals surface area contributed by atoms with Crippen molar-refractivity contribution in [3.63, 3.8) is 0 Å². The largest absolute Gasteiger partial charge is 0.444 e. The number of benzene rings is 1. The highest BCUT2D eigenvalue weighted by molar-refractivity contribution is 7.19. The fourth-order valence-corrected chi connectivity index (χ4v) is 3.57. The van der Waals surface area contributed by atoms with E-state index in [-0.39, 0.29) is 17.9 Å². The highest BCUT2D eigenvalue weighted by Gasteiger charge is 2.33. The average Bonchev–Trinajstić information content (AvgIpc) is 3.23. The molecule has 3 rings (SSSR count). The van der Waals surface area contributed by atoms with Gasteiger partial charge >= 0.3 is 6.09 Å². The molecular formula is C19H23N3O3S. The number of nitrogens with zero attached hydrogens (tertiary/aromatic N) is 2. The van der Waals surface area contributed by atoms with Gasteiger partial charge < -0.3 is 15.0 Å². The van der Waals surface area contributed by atoms with Gasteiger partial charge in [0.15, 0.2) is 5.13 Å². The van der Waals surface area contributed by atoms with Gasteiger partial charge in [-0.05, 0) is 32.8 Å². The maximum Gasteiger partial charge on any atom is 0.410 e. The molecule has 1 atom stereocenters. The Balaban J connectivity index is 1.56. The molecule has 1 fully saturated rings. The van der Waals surface area contributed by atoms with Crippen LogP contribution in [0.25, 0.3) is 10.4 Å². The molecule has 1 aliphatic rings. The summed E-state index contributed by atoms with van der Waals surface area (Å²) in [6.07, 6.45) is 2.02. The minimum Gasteiger partial charge on any atom is -0.444 e. The number of anilines is 1. The van der Waals surface area contributed by atoms with Crippen molar-refractivity contribution in [1.82, 2.24) is 9.88 Å². The average molecular weight is 373 g/mol. The van der Waals surface area contributed by atoms with Crippen molar-refractivity contribution in [3.8, 4) is 10.4 Å². The molecule has 2 amide bonds. The smallest absolute Gasteiger partial charge is 0.410 e. The zero-order chi connectivity index (χ0) is 18.7. The number of carbonyl (C=O) groups excluding carboxylic acids is 2. The predicted octanol–water partition coefficient (Wildman–Crippen LogP) is 4.01. The van der Waals surface area contributed by atoms with Crippen molar-refractivity contribution < 1.29 is 14.3 Å². The molecule has 0 saturated carbocycles. The Morgan fingerprint density at radius 2 is 2.00 bits per heavy atom. The molecule has 0 radical (unpaired) electrons. The number of nitrogens with one attached hydrogen (secondary N) is 1. The molecule has 0 bridgehead atoms. The fourth-order valence-electron chi connectivity index (χ4n) is 2.74. The molecule has 1 unspecified atom stereocenters. The first-order valence-electron chi connectivity index (χ1n) is 8.62. The molecule has 7 heteroatoms. The van der Waals surface area contributed by atoms with E-state index < -0.39 is 5.60 Å². The monoisotopic (exact) mass is 373 g/mol. The third-order valence-corrected chi connectivity index (χ3v) is 4.97. The first-order valence-corrected chi connectivity index (χ1v) is 9.43. The van der Waals surface area contributed by atoms with E-state index >= 15 is 0 Å². The van der Waals surface area contributed by atoms with Crippen LogP contribution in [0.4, 0.5) is 9.93 Å². The van der Waals surface area contributed by atoms with Crippen molar-refractivity contribution in [2.75, 3.05) is 18.4 Å². The number of thiazole rings is 1. The summed E-state index contributed by atoms with van der Waals surface area (Å²) in [5.74, 6) is -0.350. The normalized spacial score (nSPS) is 17.2. The van der Waals surface area contributed by atoms with Crippen LogP contribution in [0.1, 0.15) is 27.2 Å². The molecule has 0 aliphatic carbocycles. The van der Waals surface area contributed by atoms with Gasteiger partial charge in [-0.15, -0.1) is 0 Å². The zero-order valence-corrected chi connectivity index (χ0v) is 16.0. The zero-order valence-electron chi connectivity index (χ0n) is 15.2. The fraction of sp³-hybridized carbons (Fsp3) is 0.421. The van der Waals surface area contributed by atoms with E-state index in [1.807, 2.05) is 51.1 Å². The van der Waals surface area contributed by atoms with Crippen molar-refractivity contribution in [2.24, 2.45) is 5.92 Å². The second-order valence-corrected chi connectivity index (χ2v) is 8.33. The highest BCUT2D eigenvalue weighted by atomic mass is 32.1. The lowest BCUT2D eigenvalue weighted by molar-refractivity contribution is -0.119. The van der Waals surface area contributed by atoms with Gasteiger partial charge in [-0.1, -0.05) is 41.7 Å². The number of hydrogen-bond acceptors (Lipinski definition) is 5. The van der Waals surface area contributed by atoms with E-state index in [4.69, 9.17) is 4.74 Å². The molecule has 138 valence electrons. The molecule has 1 N–H and O–H groups in total. The van der Waals surface area contributed by atoms with Crippen LogP contribution in [0.2, 0.25) is 0 Å². The van der Waals surface area contributed by atoms with E-state index in [1.165, 1.54) is 11.3 Å². The molecule has 1 aliphatic heterocycles. The van der Waals surface area contributed by atoms with Crippen molar-refractivity contribution in [3.05, 3.63) is 36.5 Å². The number of hydrogen-bond donors (Lipinski definition) is 1. The van der Waals surface area contributed by atoms with Gasteiger partial charge in [0.1, 0.15) is 5.60 Å². The van der Waals surface area contributed by atoms with Crippen LogP contribution in [-0.2, 0) is 9.53 Å². The van der Waals surface area contributed by atoms with Crippen molar-refractivity contribution in [2.45, 2.75) is 32.8 Å². The summed E-state index contributed by atoms with van der Waals surface area (Å²) in [4.78, 5) is 31.5. The lowest BCUT2D eigenvalue weighted by Crippen LogP contribution is -2.36. The second-order valence-electron chi connectivity index (χ2n) is 7.30. The first-order chi connectivity index (χ1) is 12.3. The summed E-state index contributed by atoms with van der Waals surface area (Å²) >= 11 is 1.44. The Hall–Kier alpha value is -2.41. The number of likely N-dealkylation sites (tertiary alicyclic amines) is 1. The van der Waals surface area contributed by atoms with Crippen LogP contribution >= 0.6 is 11.3 Å². The number of rotatable bonds is 3. The maximum absolute atomic E-state index is 12.5. The molecular weight excluding hydrogens is 350 g/mol. The standard InChI is InChI=1S/C19H23N3O3S/c1-19(2,3)25-18(24)22-10-9-14(12-22)16(23)21-17-20-11-15(26-17)13-7-5-4-6-8-13/h4-8,11,14H,9-10,12H2,1-3H3,(H,20,21,23). The highest BCUT2D eigenvalue weighted by Crippen LogP contribution is 2.29. The number of ether oxygens (including phenoxy) is 1. The Morgan fingerprint density at radius 3 is 2.69 bits per heavy atom. The van der Waals surface area contributed by atoms with Gasteiger partial charge in [-0.3, -0.25) is 4.79 Å².